The van der Waals surface area contributed by atoms with Gasteiger partial charge in [0.1, 0.15) is 11.1 Å². The SMILES string of the molecule is Cc1cnc(C(C)Nc2ccc(Cl)cc2C#N)s1. The summed E-state index contributed by atoms with van der Waals surface area (Å²) in [4.78, 5) is 5.51. The molecule has 1 aromatic carbocycles. The zero-order valence-electron chi connectivity index (χ0n) is 10.1. The molecule has 0 aliphatic rings. The van der Waals surface area contributed by atoms with Crippen LogP contribution in [0, 0.1) is 18.3 Å². The summed E-state index contributed by atoms with van der Waals surface area (Å²) < 4.78 is 0. The van der Waals surface area contributed by atoms with E-state index >= 15 is 0 Å². The Morgan fingerprint density at radius 1 is 1.50 bits per heavy atom. The van der Waals surface area contributed by atoms with Crippen LogP contribution in [0.15, 0.2) is 24.4 Å². The van der Waals surface area contributed by atoms with Crippen molar-refractivity contribution in [3.8, 4) is 6.07 Å². The number of nitrogens with one attached hydrogen (secondary N) is 1. The van der Waals surface area contributed by atoms with Gasteiger partial charge in [0.2, 0.25) is 0 Å². The summed E-state index contributed by atoms with van der Waals surface area (Å²) in [7, 11) is 0. The van der Waals surface area contributed by atoms with E-state index in [2.05, 4.69) is 16.4 Å². The molecular formula is C13H12ClN3S. The van der Waals surface area contributed by atoms with Crippen molar-refractivity contribution in [2.75, 3.05) is 5.32 Å². The lowest BCUT2D eigenvalue weighted by molar-refractivity contribution is 0.869. The van der Waals surface area contributed by atoms with Crippen LogP contribution in [0.2, 0.25) is 5.02 Å². The minimum absolute atomic E-state index is 0.0666. The van der Waals surface area contributed by atoms with Crippen LogP contribution < -0.4 is 5.32 Å². The van der Waals surface area contributed by atoms with Crippen LogP contribution in [0.3, 0.4) is 0 Å². The second-order valence-electron chi connectivity index (χ2n) is 3.98. The Kier molecular flexibility index (Phi) is 3.85. The fourth-order valence-electron chi connectivity index (χ4n) is 1.60. The van der Waals surface area contributed by atoms with Crippen LogP contribution in [-0.2, 0) is 0 Å². The fourth-order valence-corrected chi connectivity index (χ4v) is 2.55. The van der Waals surface area contributed by atoms with Gasteiger partial charge in [-0.25, -0.2) is 4.98 Å². The summed E-state index contributed by atoms with van der Waals surface area (Å²) in [5.74, 6) is 0. The molecule has 0 spiro atoms. The molecule has 0 saturated carbocycles. The number of rotatable bonds is 3. The maximum absolute atomic E-state index is 9.07. The molecule has 18 heavy (non-hydrogen) atoms. The van der Waals surface area contributed by atoms with Gasteiger partial charge in [-0.15, -0.1) is 11.3 Å². The van der Waals surface area contributed by atoms with Crippen LogP contribution in [0.4, 0.5) is 5.69 Å². The third-order valence-electron chi connectivity index (χ3n) is 2.48. The number of aromatic nitrogens is 1. The van der Waals surface area contributed by atoms with E-state index in [1.807, 2.05) is 26.1 Å². The molecule has 1 atom stereocenters. The van der Waals surface area contributed by atoms with Gasteiger partial charge >= 0.3 is 0 Å². The minimum atomic E-state index is 0.0666. The molecule has 5 heteroatoms. The van der Waals surface area contributed by atoms with Gasteiger partial charge in [-0.3, -0.25) is 0 Å². The van der Waals surface area contributed by atoms with Gasteiger partial charge < -0.3 is 5.32 Å². The molecule has 0 radical (unpaired) electrons. The second kappa shape index (κ2) is 5.38. The van der Waals surface area contributed by atoms with E-state index in [4.69, 9.17) is 16.9 Å². The number of nitrogens with zero attached hydrogens (tertiary/aromatic N) is 2. The van der Waals surface area contributed by atoms with E-state index in [0.29, 0.717) is 10.6 Å². The van der Waals surface area contributed by atoms with Crippen LogP contribution in [0.5, 0.6) is 0 Å². The minimum Gasteiger partial charge on any atom is -0.375 e. The summed E-state index contributed by atoms with van der Waals surface area (Å²) in [5.41, 5.74) is 1.32. The smallest absolute Gasteiger partial charge is 0.115 e. The average molecular weight is 278 g/mol. The summed E-state index contributed by atoms with van der Waals surface area (Å²) >= 11 is 7.51. The molecule has 0 bridgehead atoms. The number of hydrogen-bond donors (Lipinski definition) is 1. The predicted molar refractivity (Wildman–Crippen MR) is 75.1 cm³/mol. The Morgan fingerprint density at radius 2 is 2.28 bits per heavy atom. The van der Waals surface area contributed by atoms with Crippen molar-refractivity contribution in [2.45, 2.75) is 19.9 Å². The number of thiazole rings is 1. The standard InChI is InChI=1S/C13H12ClN3S/c1-8-7-16-13(18-8)9(2)17-12-4-3-11(14)5-10(12)6-15/h3-5,7,9,17H,1-2H3. The highest BCUT2D eigenvalue weighted by atomic mass is 35.5. The van der Waals surface area contributed by atoms with Gasteiger partial charge in [0, 0.05) is 16.1 Å². The molecule has 1 unspecified atom stereocenters. The number of benzene rings is 1. The molecule has 0 aliphatic heterocycles. The van der Waals surface area contributed by atoms with Crippen molar-refractivity contribution < 1.29 is 0 Å². The van der Waals surface area contributed by atoms with Crippen molar-refractivity contribution in [3.63, 3.8) is 0 Å². The maximum Gasteiger partial charge on any atom is 0.115 e. The van der Waals surface area contributed by atoms with E-state index in [0.717, 1.165) is 10.7 Å². The molecule has 92 valence electrons. The molecule has 2 aromatic rings. The molecular weight excluding hydrogens is 266 g/mol. The normalized spacial score (nSPS) is 11.9. The lowest BCUT2D eigenvalue weighted by Crippen LogP contribution is -2.07. The molecule has 1 heterocycles. The topological polar surface area (TPSA) is 48.7 Å². The molecule has 0 saturated heterocycles. The van der Waals surface area contributed by atoms with Gasteiger partial charge in [0.25, 0.3) is 0 Å². The zero-order chi connectivity index (χ0) is 13.1. The number of anilines is 1. The van der Waals surface area contributed by atoms with Gasteiger partial charge in [-0.2, -0.15) is 5.26 Å². The second-order valence-corrected chi connectivity index (χ2v) is 5.68. The Balaban J connectivity index is 2.22. The van der Waals surface area contributed by atoms with E-state index in [1.54, 1.807) is 23.5 Å². The summed E-state index contributed by atoms with van der Waals surface area (Å²) in [6.45, 7) is 4.05. The number of halogens is 1. The highest BCUT2D eigenvalue weighted by Crippen LogP contribution is 2.26. The molecule has 0 fully saturated rings. The average Bonchev–Trinajstić information content (AvgIpc) is 2.78. The summed E-state index contributed by atoms with van der Waals surface area (Å²) in [6.07, 6.45) is 1.85. The van der Waals surface area contributed by atoms with Gasteiger partial charge in [0.15, 0.2) is 0 Å². The van der Waals surface area contributed by atoms with Gasteiger partial charge in [0.05, 0.1) is 17.3 Å². The highest BCUT2D eigenvalue weighted by Gasteiger charge is 2.11. The van der Waals surface area contributed by atoms with Crippen molar-refractivity contribution in [2.24, 2.45) is 0 Å². The summed E-state index contributed by atoms with van der Waals surface area (Å²) in [6, 6.07) is 7.44. The molecule has 1 aromatic heterocycles. The molecule has 3 nitrogen and oxygen atoms in total. The Hall–Kier alpha value is -1.57. The third kappa shape index (κ3) is 2.81. The van der Waals surface area contributed by atoms with E-state index < -0.39 is 0 Å². The first-order chi connectivity index (χ1) is 8.60. The molecule has 2 rings (SSSR count). The third-order valence-corrected chi connectivity index (χ3v) is 3.81. The molecule has 0 aliphatic carbocycles. The van der Waals surface area contributed by atoms with Crippen LogP contribution >= 0.6 is 22.9 Å². The van der Waals surface area contributed by atoms with Crippen LogP contribution in [-0.4, -0.2) is 4.98 Å². The first kappa shape index (κ1) is 12.9. The van der Waals surface area contributed by atoms with E-state index in [1.165, 1.54) is 4.88 Å². The van der Waals surface area contributed by atoms with Crippen molar-refractivity contribution >= 4 is 28.6 Å². The van der Waals surface area contributed by atoms with Crippen molar-refractivity contribution in [3.05, 3.63) is 44.9 Å². The van der Waals surface area contributed by atoms with E-state index in [-0.39, 0.29) is 6.04 Å². The first-order valence-electron chi connectivity index (χ1n) is 5.48. The zero-order valence-corrected chi connectivity index (χ0v) is 11.6. The molecule has 1 N–H and O–H groups in total. The molecule has 0 amide bonds. The quantitative estimate of drug-likeness (QED) is 0.917. The largest absolute Gasteiger partial charge is 0.375 e. The summed E-state index contributed by atoms with van der Waals surface area (Å²) in [5, 5.41) is 13.9. The first-order valence-corrected chi connectivity index (χ1v) is 6.68. The number of aryl methyl sites for hydroxylation is 1. The Morgan fingerprint density at radius 3 is 2.89 bits per heavy atom. The lowest BCUT2D eigenvalue weighted by atomic mass is 10.2. The number of nitriles is 1. The lowest BCUT2D eigenvalue weighted by Gasteiger charge is -2.14. The Bertz CT molecular complexity index is 601. The van der Waals surface area contributed by atoms with E-state index in [9.17, 15) is 0 Å². The van der Waals surface area contributed by atoms with Crippen molar-refractivity contribution in [1.29, 1.82) is 5.26 Å². The monoisotopic (exact) mass is 277 g/mol. The van der Waals surface area contributed by atoms with Crippen LogP contribution in [0.25, 0.3) is 0 Å². The number of hydrogen-bond acceptors (Lipinski definition) is 4. The maximum atomic E-state index is 9.07. The van der Waals surface area contributed by atoms with Crippen molar-refractivity contribution in [1.82, 2.24) is 4.98 Å². The Labute approximate surface area is 115 Å². The van der Waals surface area contributed by atoms with Gasteiger partial charge in [-0.05, 0) is 32.0 Å². The highest BCUT2D eigenvalue weighted by molar-refractivity contribution is 7.11. The van der Waals surface area contributed by atoms with Crippen LogP contribution in [0.1, 0.15) is 28.4 Å². The predicted octanol–water partition coefficient (Wildman–Crippen LogP) is 4.15. The van der Waals surface area contributed by atoms with Gasteiger partial charge in [-0.1, -0.05) is 11.6 Å². The fraction of sp³-hybridized carbons (Fsp3) is 0.231.